The molecule has 0 N–H and O–H groups in total. The minimum atomic E-state index is 0.348. The van der Waals surface area contributed by atoms with E-state index in [1.54, 1.807) is 0 Å². The van der Waals surface area contributed by atoms with Crippen molar-refractivity contribution in [2.75, 3.05) is 0 Å². The van der Waals surface area contributed by atoms with E-state index in [0.717, 1.165) is 19.3 Å². The lowest BCUT2D eigenvalue weighted by molar-refractivity contribution is -0.118. The molecule has 0 saturated carbocycles. The minimum Gasteiger partial charge on any atom is -0.299 e. The van der Waals surface area contributed by atoms with Gasteiger partial charge in [-0.25, -0.2) is 0 Å². The third kappa shape index (κ3) is 4.56. The highest BCUT2D eigenvalue weighted by atomic mass is 16.1. The topological polar surface area (TPSA) is 17.1 Å². The van der Waals surface area contributed by atoms with Crippen molar-refractivity contribution in [1.29, 1.82) is 0 Å². The quantitative estimate of drug-likeness (QED) is 0.719. The van der Waals surface area contributed by atoms with Crippen molar-refractivity contribution in [2.45, 2.75) is 46.0 Å². The van der Waals surface area contributed by atoms with E-state index >= 15 is 0 Å². The van der Waals surface area contributed by atoms with Crippen LogP contribution in [-0.4, -0.2) is 5.78 Å². The van der Waals surface area contributed by atoms with Crippen molar-refractivity contribution in [3.8, 4) is 0 Å². The average molecular weight is 280 g/mol. The number of rotatable bonds is 7. The normalized spacial score (nSPS) is 10.6. The van der Waals surface area contributed by atoms with Gasteiger partial charge >= 0.3 is 0 Å². The van der Waals surface area contributed by atoms with Crippen LogP contribution < -0.4 is 0 Å². The van der Waals surface area contributed by atoms with Crippen LogP contribution in [0, 0.1) is 6.92 Å². The summed E-state index contributed by atoms with van der Waals surface area (Å²) in [5.41, 5.74) is 5.25. The van der Waals surface area contributed by atoms with Crippen LogP contribution in [0.5, 0.6) is 0 Å². The van der Waals surface area contributed by atoms with Crippen molar-refractivity contribution < 1.29 is 4.79 Å². The van der Waals surface area contributed by atoms with Crippen molar-refractivity contribution in [2.24, 2.45) is 0 Å². The number of ketones is 1. The van der Waals surface area contributed by atoms with Crippen LogP contribution in [-0.2, 0) is 24.1 Å². The third-order valence-electron chi connectivity index (χ3n) is 3.96. The molecule has 0 aliphatic rings. The Balaban J connectivity index is 2.06. The van der Waals surface area contributed by atoms with Crippen LogP contribution in [0.3, 0.4) is 0 Å². The van der Waals surface area contributed by atoms with Gasteiger partial charge in [-0.3, -0.25) is 4.79 Å². The summed E-state index contributed by atoms with van der Waals surface area (Å²) in [6.07, 6.45) is 4.24. The molecule has 0 spiro atoms. The first-order chi connectivity index (χ1) is 10.2. The molecule has 0 saturated heterocycles. The highest BCUT2D eigenvalue weighted by Gasteiger charge is 2.08. The second kappa shape index (κ2) is 7.78. The molecule has 0 amide bonds. The lowest BCUT2D eigenvalue weighted by Crippen LogP contribution is -2.05. The van der Waals surface area contributed by atoms with Gasteiger partial charge in [0.05, 0.1) is 0 Å². The summed E-state index contributed by atoms with van der Waals surface area (Å²) in [5, 5.41) is 0. The zero-order valence-electron chi connectivity index (χ0n) is 13.1. The Morgan fingerprint density at radius 1 is 0.857 bits per heavy atom. The lowest BCUT2D eigenvalue weighted by atomic mass is 9.95. The van der Waals surface area contributed by atoms with E-state index < -0.39 is 0 Å². The summed E-state index contributed by atoms with van der Waals surface area (Å²) in [6, 6.07) is 16.9. The molecule has 0 unspecified atom stereocenters. The average Bonchev–Trinajstić information content (AvgIpc) is 2.48. The molecule has 2 aromatic rings. The fourth-order valence-electron chi connectivity index (χ4n) is 2.71. The second-order valence-electron chi connectivity index (χ2n) is 5.66. The van der Waals surface area contributed by atoms with Crippen LogP contribution in [0.4, 0.5) is 0 Å². The van der Waals surface area contributed by atoms with Crippen LogP contribution in [0.25, 0.3) is 0 Å². The minimum absolute atomic E-state index is 0.348. The van der Waals surface area contributed by atoms with Gasteiger partial charge in [0.2, 0.25) is 0 Å². The van der Waals surface area contributed by atoms with Gasteiger partial charge < -0.3 is 0 Å². The third-order valence-corrected chi connectivity index (χ3v) is 3.96. The van der Waals surface area contributed by atoms with Crippen molar-refractivity contribution >= 4 is 5.78 Å². The molecule has 1 nitrogen and oxygen atoms in total. The molecule has 0 aliphatic carbocycles. The monoisotopic (exact) mass is 280 g/mol. The van der Waals surface area contributed by atoms with Gasteiger partial charge in [-0.1, -0.05) is 55.5 Å². The summed E-state index contributed by atoms with van der Waals surface area (Å²) in [6.45, 7) is 4.22. The molecule has 0 heterocycles. The Kier molecular flexibility index (Phi) is 5.74. The maximum absolute atomic E-state index is 11.9. The van der Waals surface area contributed by atoms with Gasteiger partial charge in [0, 0.05) is 12.8 Å². The van der Waals surface area contributed by atoms with Crippen LogP contribution in [0.2, 0.25) is 0 Å². The van der Waals surface area contributed by atoms with Crippen molar-refractivity contribution in [1.82, 2.24) is 0 Å². The lowest BCUT2D eigenvalue weighted by Gasteiger charge is -2.10. The van der Waals surface area contributed by atoms with Crippen molar-refractivity contribution in [3.63, 3.8) is 0 Å². The number of carbonyl (C=O) groups excluding carboxylic acids is 1. The molecular weight excluding hydrogens is 256 g/mol. The predicted molar refractivity (Wildman–Crippen MR) is 88.6 cm³/mol. The summed E-state index contributed by atoms with van der Waals surface area (Å²) in [7, 11) is 0. The number of hydrogen-bond acceptors (Lipinski definition) is 1. The Bertz CT molecular complexity index is 598. The first-order valence-electron chi connectivity index (χ1n) is 7.83. The number of carbonyl (C=O) groups is 1. The standard InChI is InChI=1S/C20H24O/c1-3-8-20(21)15-19-12-7-6-11-18(19)14-13-17-10-5-4-9-16(17)2/h4-7,9-12H,3,8,13-15H2,1-2H3. The maximum atomic E-state index is 11.9. The fraction of sp³-hybridized carbons (Fsp3) is 0.350. The first-order valence-corrected chi connectivity index (χ1v) is 7.83. The van der Waals surface area contributed by atoms with Gasteiger partial charge in [0.25, 0.3) is 0 Å². The summed E-state index contributed by atoms with van der Waals surface area (Å²) in [4.78, 5) is 11.9. The molecule has 2 rings (SSSR count). The molecule has 0 aromatic heterocycles. The molecule has 0 fully saturated rings. The van der Waals surface area contributed by atoms with Crippen LogP contribution >= 0.6 is 0 Å². The Morgan fingerprint density at radius 2 is 1.43 bits per heavy atom. The molecule has 0 atom stereocenters. The second-order valence-corrected chi connectivity index (χ2v) is 5.66. The number of Topliss-reactive ketones (excluding diaryl/α,β-unsaturated/α-hetero) is 1. The number of benzene rings is 2. The SMILES string of the molecule is CCCC(=O)Cc1ccccc1CCc1ccccc1C. The highest BCUT2D eigenvalue weighted by molar-refractivity contribution is 5.81. The number of aryl methyl sites for hydroxylation is 3. The Hall–Kier alpha value is -1.89. The summed E-state index contributed by atoms with van der Waals surface area (Å²) >= 11 is 0. The molecule has 21 heavy (non-hydrogen) atoms. The van der Waals surface area contributed by atoms with E-state index in [4.69, 9.17) is 0 Å². The van der Waals surface area contributed by atoms with E-state index in [0.29, 0.717) is 18.6 Å². The molecule has 2 aromatic carbocycles. The van der Waals surface area contributed by atoms with E-state index in [9.17, 15) is 4.79 Å². The van der Waals surface area contributed by atoms with Gasteiger partial charge in [-0.05, 0) is 48.4 Å². The zero-order chi connectivity index (χ0) is 15.1. The van der Waals surface area contributed by atoms with E-state index in [1.165, 1.54) is 22.3 Å². The van der Waals surface area contributed by atoms with Crippen LogP contribution in [0.15, 0.2) is 48.5 Å². The van der Waals surface area contributed by atoms with E-state index in [2.05, 4.69) is 56.3 Å². The first kappa shape index (κ1) is 15.5. The highest BCUT2D eigenvalue weighted by Crippen LogP contribution is 2.16. The fourth-order valence-corrected chi connectivity index (χ4v) is 2.71. The smallest absolute Gasteiger partial charge is 0.137 e. The Morgan fingerprint density at radius 3 is 2.10 bits per heavy atom. The number of hydrogen-bond donors (Lipinski definition) is 0. The van der Waals surface area contributed by atoms with Gasteiger partial charge in [-0.15, -0.1) is 0 Å². The van der Waals surface area contributed by atoms with E-state index in [1.807, 2.05) is 6.07 Å². The van der Waals surface area contributed by atoms with Gasteiger partial charge in [-0.2, -0.15) is 0 Å². The summed E-state index contributed by atoms with van der Waals surface area (Å²) < 4.78 is 0. The van der Waals surface area contributed by atoms with E-state index in [-0.39, 0.29) is 0 Å². The molecular formula is C20H24O. The molecule has 0 radical (unpaired) electrons. The Labute approximate surface area is 128 Å². The largest absolute Gasteiger partial charge is 0.299 e. The molecule has 0 bridgehead atoms. The molecule has 0 aliphatic heterocycles. The maximum Gasteiger partial charge on any atom is 0.137 e. The zero-order valence-corrected chi connectivity index (χ0v) is 13.1. The van der Waals surface area contributed by atoms with Crippen molar-refractivity contribution in [3.05, 3.63) is 70.8 Å². The molecule has 1 heteroatoms. The van der Waals surface area contributed by atoms with Crippen LogP contribution in [0.1, 0.15) is 42.0 Å². The molecule has 110 valence electrons. The van der Waals surface area contributed by atoms with Gasteiger partial charge in [0.15, 0.2) is 0 Å². The predicted octanol–water partition coefficient (Wildman–Crippen LogP) is 4.69. The van der Waals surface area contributed by atoms with Gasteiger partial charge in [0.1, 0.15) is 5.78 Å². The summed E-state index contributed by atoms with van der Waals surface area (Å²) in [5.74, 6) is 0.348.